The van der Waals surface area contributed by atoms with Crippen LogP contribution in [0.1, 0.15) is 32.3 Å². The Balaban J connectivity index is 1.81. The molecule has 2 nitrogen and oxygen atoms in total. The van der Waals surface area contributed by atoms with Crippen molar-refractivity contribution in [3.05, 3.63) is 35.9 Å². The summed E-state index contributed by atoms with van der Waals surface area (Å²) in [6.45, 7) is 7.54. The normalized spacial score (nSPS) is 22.6. The van der Waals surface area contributed by atoms with Gasteiger partial charge < -0.3 is 5.11 Å². The van der Waals surface area contributed by atoms with Gasteiger partial charge in [-0.1, -0.05) is 44.2 Å². The Morgan fingerprint density at radius 1 is 1.28 bits per heavy atom. The first kappa shape index (κ1) is 13.6. The topological polar surface area (TPSA) is 23.5 Å². The number of nitrogens with zero attached hydrogens (tertiary/aromatic N) is 1. The van der Waals surface area contributed by atoms with Gasteiger partial charge in [0.25, 0.3) is 0 Å². The summed E-state index contributed by atoms with van der Waals surface area (Å²) in [6, 6.07) is 10.6. The first-order valence-corrected chi connectivity index (χ1v) is 7.09. The van der Waals surface area contributed by atoms with Crippen molar-refractivity contribution in [3.8, 4) is 0 Å². The van der Waals surface area contributed by atoms with Gasteiger partial charge in [-0.3, -0.25) is 4.90 Å². The number of likely N-dealkylation sites (tertiary alicyclic amines) is 1. The first-order chi connectivity index (χ1) is 8.65. The number of aliphatic hydroxyl groups is 1. The summed E-state index contributed by atoms with van der Waals surface area (Å²) >= 11 is 0. The van der Waals surface area contributed by atoms with Crippen LogP contribution in [0, 0.1) is 11.8 Å². The second-order valence-corrected chi connectivity index (χ2v) is 5.97. The fourth-order valence-corrected chi connectivity index (χ4v) is 2.84. The van der Waals surface area contributed by atoms with Crippen LogP contribution in [0.2, 0.25) is 0 Å². The van der Waals surface area contributed by atoms with Crippen LogP contribution in [0.3, 0.4) is 0 Å². The molecule has 0 spiro atoms. The second kappa shape index (κ2) is 6.35. The van der Waals surface area contributed by atoms with Crippen molar-refractivity contribution in [1.82, 2.24) is 4.90 Å². The lowest BCUT2D eigenvalue weighted by Gasteiger charge is -2.21. The van der Waals surface area contributed by atoms with Crippen LogP contribution in [0.5, 0.6) is 0 Å². The van der Waals surface area contributed by atoms with Gasteiger partial charge in [-0.15, -0.1) is 0 Å². The fourth-order valence-electron chi connectivity index (χ4n) is 2.84. The Hall–Kier alpha value is -0.860. The van der Waals surface area contributed by atoms with Crippen LogP contribution < -0.4 is 0 Å². The van der Waals surface area contributed by atoms with E-state index >= 15 is 0 Å². The highest BCUT2D eigenvalue weighted by molar-refractivity contribution is 5.14. The Morgan fingerprint density at radius 3 is 2.67 bits per heavy atom. The first-order valence-electron chi connectivity index (χ1n) is 7.09. The predicted molar refractivity (Wildman–Crippen MR) is 75.3 cm³/mol. The summed E-state index contributed by atoms with van der Waals surface area (Å²) in [5.41, 5.74) is 1.37. The van der Waals surface area contributed by atoms with Crippen LogP contribution in [0.25, 0.3) is 0 Å². The molecule has 1 fully saturated rings. The maximum atomic E-state index is 10.2. The maximum Gasteiger partial charge on any atom is 0.0583 e. The Kier molecular flexibility index (Phi) is 4.79. The molecule has 2 rings (SSSR count). The van der Waals surface area contributed by atoms with Gasteiger partial charge in [-0.25, -0.2) is 0 Å². The molecule has 1 heterocycles. The van der Waals surface area contributed by atoms with E-state index in [0.29, 0.717) is 11.8 Å². The molecule has 1 aromatic carbocycles. The number of rotatable bonds is 5. The molecule has 2 heteroatoms. The Labute approximate surface area is 111 Å². The molecule has 100 valence electrons. The van der Waals surface area contributed by atoms with Crippen LogP contribution >= 0.6 is 0 Å². The summed E-state index contributed by atoms with van der Waals surface area (Å²) in [5.74, 6) is 1.05. The summed E-state index contributed by atoms with van der Waals surface area (Å²) in [5, 5.41) is 10.2. The predicted octanol–water partition coefficient (Wildman–Crippen LogP) is 2.92. The van der Waals surface area contributed by atoms with Crippen LogP contribution in [0.15, 0.2) is 30.3 Å². The summed E-state index contributed by atoms with van der Waals surface area (Å²) in [7, 11) is 0. The van der Waals surface area contributed by atoms with Crippen molar-refractivity contribution in [1.29, 1.82) is 0 Å². The van der Waals surface area contributed by atoms with Crippen LogP contribution in [-0.2, 0) is 6.54 Å². The van der Waals surface area contributed by atoms with Gasteiger partial charge in [-0.2, -0.15) is 0 Å². The molecule has 0 saturated carbocycles. The smallest absolute Gasteiger partial charge is 0.0583 e. The SMILES string of the molecule is CC(C)C[C@H](O)[C@@H]1CCN(Cc2ccccc2)C1. The maximum absolute atomic E-state index is 10.2. The van der Waals surface area contributed by atoms with Gasteiger partial charge in [-0.05, 0) is 36.8 Å². The van der Waals surface area contributed by atoms with Crippen LogP contribution in [-0.4, -0.2) is 29.2 Å². The zero-order chi connectivity index (χ0) is 13.0. The van der Waals surface area contributed by atoms with Gasteiger partial charge in [0, 0.05) is 13.1 Å². The van der Waals surface area contributed by atoms with Crippen molar-refractivity contribution in [2.75, 3.05) is 13.1 Å². The quantitative estimate of drug-likeness (QED) is 0.865. The molecule has 1 N–H and O–H groups in total. The Morgan fingerprint density at radius 2 is 2.00 bits per heavy atom. The van der Waals surface area contributed by atoms with E-state index in [-0.39, 0.29) is 6.10 Å². The molecule has 0 unspecified atom stereocenters. The molecule has 1 aromatic rings. The summed E-state index contributed by atoms with van der Waals surface area (Å²) < 4.78 is 0. The van der Waals surface area contributed by atoms with Crippen molar-refractivity contribution in [2.45, 2.75) is 39.3 Å². The molecule has 1 aliphatic heterocycles. The van der Waals surface area contributed by atoms with E-state index in [2.05, 4.69) is 49.1 Å². The van der Waals surface area contributed by atoms with E-state index in [0.717, 1.165) is 32.5 Å². The van der Waals surface area contributed by atoms with E-state index < -0.39 is 0 Å². The van der Waals surface area contributed by atoms with Crippen molar-refractivity contribution >= 4 is 0 Å². The standard InChI is InChI=1S/C16H25NO/c1-13(2)10-16(18)15-8-9-17(12-15)11-14-6-4-3-5-7-14/h3-7,13,15-16,18H,8-12H2,1-2H3/t15-,16+/m1/s1. The minimum absolute atomic E-state index is 0.120. The second-order valence-electron chi connectivity index (χ2n) is 5.97. The molecule has 18 heavy (non-hydrogen) atoms. The highest BCUT2D eigenvalue weighted by Crippen LogP contribution is 2.24. The average Bonchev–Trinajstić information content (AvgIpc) is 2.78. The molecule has 2 atom stereocenters. The molecule has 0 amide bonds. The highest BCUT2D eigenvalue weighted by atomic mass is 16.3. The van der Waals surface area contributed by atoms with Gasteiger partial charge in [0.2, 0.25) is 0 Å². The molecule has 0 aromatic heterocycles. The van der Waals surface area contributed by atoms with E-state index in [1.165, 1.54) is 5.56 Å². The number of aliphatic hydroxyl groups excluding tert-OH is 1. The third-order valence-electron chi connectivity index (χ3n) is 3.81. The summed E-state index contributed by atoms with van der Waals surface area (Å²) in [6.07, 6.45) is 1.95. The third kappa shape index (κ3) is 3.82. The highest BCUT2D eigenvalue weighted by Gasteiger charge is 2.28. The molecule has 1 saturated heterocycles. The average molecular weight is 247 g/mol. The summed E-state index contributed by atoms with van der Waals surface area (Å²) in [4.78, 5) is 2.46. The van der Waals surface area contributed by atoms with Gasteiger partial charge in [0.05, 0.1) is 6.10 Å². The van der Waals surface area contributed by atoms with Crippen molar-refractivity contribution in [2.24, 2.45) is 11.8 Å². The van der Waals surface area contributed by atoms with E-state index in [4.69, 9.17) is 0 Å². The zero-order valence-electron chi connectivity index (χ0n) is 11.5. The van der Waals surface area contributed by atoms with E-state index in [1.807, 2.05) is 0 Å². The molecule has 0 radical (unpaired) electrons. The lowest BCUT2D eigenvalue weighted by atomic mass is 9.94. The Bertz CT molecular complexity index is 349. The number of hydrogen-bond acceptors (Lipinski definition) is 2. The van der Waals surface area contributed by atoms with E-state index in [1.54, 1.807) is 0 Å². The van der Waals surface area contributed by atoms with Crippen LogP contribution in [0.4, 0.5) is 0 Å². The number of benzene rings is 1. The van der Waals surface area contributed by atoms with Crippen molar-refractivity contribution in [3.63, 3.8) is 0 Å². The lowest BCUT2D eigenvalue weighted by molar-refractivity contribution is 0.0887. The number of hydrogen-bond donors (Lipinski definition) is 1. The largest absolute Gasteiger partial charge is 0.393 e. The van der Waals surface area contributed by atoms with Crippen molar-refractivity contribution < 1.29 is 5.11 Å². The van der Waals surface area contributed by atoms with Gasteiger partial charge in [0.1, 0.15) is 0 Å². The molecule has 0 aliphatic carbocycles. The lowest BCUT2D eigenvalue weighted by Crippen LogP contribution is -2.26. The molecular weight excluding hydrogens is 222 g/mol. The molecule has 1 aliphatic rings. The minimum atomic E-state index is -0.120. The zero-order valence-corrected chi connectivity index (χ0v) is 11.5. The monoisotopic (exact) mass is 247 g/mol. The minimum Gasteiger partial charge on any atom is -0.393 e. The third-order valence-corrected chi connectivity index (χ3v) is 3.81. The molecule has 0 bridgehead atoms. The molecular formula is C16H25NO. The fraction of sp³-hybridized carbons (Fsp3) is 0.625. The van der Waals surface area contributed by atoms with E-state index in [9.17, 15) is 5.11 Å². The van der Waals surface area contributed by atoms with Gasteiger partial charge >= 0.3 is 0 Å². The van der Waals surface area contributed by atoms with Gasteiger partial charge in [0.15, 0.2) is 0 Å².